The molecule has 9 heteroatoms. The Hall–Kier alpha value is -3.23. The summed E-state index contributed by atoms with van der Waals surface area (Å²) in [6, 6.07) is 17.1. The van der Waals surface area contributed by atoms with Crippen molar-refractivity contribution in [1.82, 2.24) is 19.3 Å². The molecule has 192 valence electrons. The number of pyridine rings is 1. The lowest BCUT2D eigenvalue weighted by molar-refractivity contribution is 0.0977. The summed E-state index contributed by atoms with van der Waals surface area (Å²) in [7, 11) is -4.01. The molecule has 0 atom stereocenters. The van der Waals surface area contributed by atoms with Crippen molar-refractivity contribution in [3.05, 3.63) is 88.3 Å². The van der Waals surface area contributed by atoms with Gasteiger partial charge in [0.2, 0.25) is 0 Å². The molecule has 1 aliphatic rings. The molecule has 0 saturated heterocycles. The molecule has 1 N–H and O–H groups in total. The Morgan fingerprint density at radius 2 is 1.78 bits per heavy atom. The Kier molecular flexibility index (Phi) is 7.31. The molecule has 0 unspecified atom stereocenters. The van der Waals surface area contributed by atoms with E-state index in [-0.39, 0.29) is 10.6 Å². The van der Waals surface area contributed by atoms with Crippen molar-refractivity contribution in [1.29, 1.82) is 0 Å². The van der Waals surface area contributed by atoms with E-state index in [1.165, 1.54) is 55.9 Å². The van der Waals surface area contributed by atoms with E-state index in [9.17, 15) is 13.2 Å². The molecule has 2 aromatic heterocycles. The molecule has 1 saturated carbocycles. The molecule has 1 fully saturated rings. The van der Waals surface area contributed by atoms with E-state index in [4.69, 9.17) is 11.6 Å². The van der Waals surface area contributed by atoms with E-state index in [1.807, 2.05) is 11.5 Å². The number of amides is 1. The third kappa shape index (κ3) is 5.70. The highest BCUT2D eigenvalue weighted by Crippen LogP contribution is 2.29. The second kappa shape index (κ2) is 10.6. The first kappa shape index (κ1) is 25.4. The van der Waals surface area contributed by atoms with Gasteiger partial charge < -0.3 is 4.57 Å². The number of hydrogen-bond acceptors (Lipinski definition) is 5. The molecular formula is C28H29ClN4O3S. The molecule has 7 nitrogen and oxygen atoms in total. The summed E-state index contributed by atoms with van der Waals surface area (Å²) in [6.07, 6.45) is 7.60. The summed E-state index contributed by atoms with van der Waals surface area (Å²) in [5.41, 5.74) is 3.28. The van der Waals surface area contributed by atoms with Crippen LogP contribution in [0, 0.1) is 12.8 Å². The fourth-order valence-electron chi connectivity index (χ4n) is 5.00. The van der Waals surface area contributed by atoms with Crippen LogP contribution in [0.25, 0.3) is 11.2 Å². The van der Waals surface area contributed by atoms with Gasteiger partial charge in [0.1, 0.15) is 17.0 Å². The van der Waals surface area contributed by atoms with Gasteiger partial charge in [-0.2, -0.15) is 0 Å². The van der Waals surface area contributed by atoms with Crippen LogP contribution in [0.15, 0.2) is 65.6 Å². The lowest BCUT2D eigenvalue weighted by Crippen LogP contribution is -2.31. The number of imidazole rings is 1. The highest BCUT2D eigenvalue weighted by Gasteiger charge is 2.21. The van der Waals surface area contributed by atoms with Gasteiger partial charge in [-0.3, -0.25) is 4.79 Å². The molecule has 1 amide bonds. The number of hydrogen-bond donors (Lipinski definition) is 1. The zero-order chi connectivity index (χ0) is 26.0. The summed E-state index contributed by atoms with van der Waals surface area (Å²) in [6.45, 7) is 2.30. The number of benzene rings is 2. The Bertz CT molecular complexity index is 1540. The summed E-state index contributed by atoms with van der Waals surface area (Å²) in [5.74, 6) is 0.649. The lowest BCUT2D eigenvalue weighted by atomic mass is 9.85. The van der Waals surface area contributed by atoms with Crippen molar-refractivity contribution in [3.8, 4) is 0 Å². The smallest absolute Gasteiger partial charge is 0.283 e. The zero-order valence-corrected chi connectivity index (χ0v) is 22.2. The highest BCUT2D eigenvalue weighted by molar-refractivity contribution is 7.90. The number of nitrogens with one attached hydrogen (secondary N) is 1. The summed E-state index contributed by atoms with van der Waals surface area (Å²) in [5, 5.41) is 0.692. The summed E-state index contributed by atoms with van der Waals surface area (Å²) in [4.78, 5) is 21.9. The largest absolute Gasteiger partial charge is 0.308 e. The second-order valence-corrected chi connectivity index (χ2v) is 11.8. The average Bonchev–Trinajstić information content (AvgIpc) is 3.20. The minimum Gasteiger partial charge on any atom is -0.308 e. The Balaban J connectivity index is 1.37. The summed E-state index contributed by atoms with van der Waals surface area (Å²) >= 11 is 6.70. The molecule has 0 spiro atoms. The van der Waals surface area contributed by atoms with Gasteiger partial charge >= 0.3 is 0 Å². The first-order valence-corrected chi connectivity index (χ1v) is 14.4. The number of sulfonamides is 1. The van der Waals surface area contributed by atoms with Gasteiger partial charge in [0.15, 0.2) is 5.65 Å². The third-order valence-corrected chi connectivity index (χ3v) is 8.69. The van der Waals surface area contributed by atoms with Crippen molar-refractivity contribution in [2.24, 2.45) is 5.92 Å². The van der Waals surface area contributed by atoms with Gasteiger partial charge in [-0.25, -0.2) is 23.1 Å². The van der Waals surface area contributed by atoms with Crippen LogP contribution >= 0.6 is 11.6 Å². The number of carbonyl (C=O) groups is 1. The summed E-state index contributed by atoms with van der Waals surface area (Å²) < 4.78 is 29.2. The second-order valence-electron chi connectivity index (χ2n) is 9.67. The molecule has 5 rings (SSSR count). The van der Waals surface area contributed by atoms with E-state index in [1.54, 1.807) is 24.3 Å². The number of fused-ring (bicyclic) bond motifs is 1. The van der Waals surface area contributed by atoms with Crippen LogP contribution in [0.2, 0.25) is 5.02 Å². The van der Waals surface area contributed by atoms with Crippen LogP contribution < -0.4 is 4.72 Å². The van der Waals surface area contributed by atoms with Crippen LogP contribution in [-0.2, 0) is 23.0 Å². The molecule has 0 radical (unpaired) electrons. The van der Waals surface area contributed by atoms with E-state index in [2.05, 4.69) is 32.9 Å². The van der Waals surface area contributed by atoms with Crippen LogP contribution in [0.5, 0.6) is 0 Å². The van der Waals surface area contributed by atoms with Crippen molar-refractivity contribution in [2.75, 3.05) is 0 Å². The third-order valence-electron chi connectivity index (χ3n) is 6.99. The average molecular weight is 537 g/mol. The van der Waals surface area contributed by atoms with E-state index >= 15 is 0 Å². The van der Waals surface area contributed by atoms with Crippen LogP contribution in [0.4, 0.5) is 0 Å². The topological polar surface area (TPSA) is 93.9 Å². The molecule has 4 aromatic rings. The lowest BCUT2D eigenvalue weighted by Gasteiger charge is -2.21. The molecule has 2 aromatic carbocycles. The molecular weight excluding hydrogens is 508 g/mol. The predicted octanol–water partition coefficient (Wildman–Crippen LogP) is 5.68. The Morgan fingerprint density at radius 1 is 1.03 bits per heavy atom. The van der Waals surface area contributed by atoms with Gasteiger partial charge in [-0.05, 0) is 60.7 Å². The van der Waals surface area contributed by atoms with Crippen LogP contribution in [0.1, 0.15) is 59.5 Å². The maximum Gasteiger partial charge on any atom is 0.283 e. The fourth-order valence-corrected chi connectivity index (χ4v) is 6.25. The first-order chi connectivity index (χ1) is 17.8. The van der Waals surface area contributed by atoms with Gasteiger partial charge in [-0.15, -0.1) is 0 Å². The number of aryl methyl sites for hydroxylation is 1. The highest BCUT2D eigenvalue weighted by atomic mass is 35.5. The SMILES string of the molecule is Cc1nc2ccc(C(=O)NS(=O)(=O)c3ccccc3)nc2n1Cc1ccc(CC2CCCCC2)cc1Cl. The monoisotopic (exact) mass is 536 g/mol. The molecule has 37 heavy (non-hydrogen) atoms. The molecule has 2 heterocycles. The van der Waals surface area contributed by atoms with Crippen molar-refractivity contribution in [2.45, 2.75) is 56.9 Å². The van der Waals surface area contributed by atoms with Crippen LogP contribution in [-0.4, -0.2) is 28.9 Å². The van der Waals surface area contributed by atoms with Gasteiger partial charge in [-0.1, -0.05) is 74.0 Å². The van der Waals surface area contributed by atoms with Gasteiger partial charge in [0.25, 0.3) is 15.9 Å². The number of aromatic nitrogens is 3. The number of rotatable bonds is 7. The normalized spacial score (nSPS) is 14.6. The molecule has 0 bridgehead atoms. The Morgan fingerprint density at radius 3 is 2.51 bits per heavy atom. The van der Waals surface area contributed by atoms with E-state index < -0.39 is 15.9 Å². The predicted molar refractivity (Wildman–Crippen MR) is 144 cm³/mol. The quantitative estimate of drug-likeness (QED) is 0.328. The first-order valence-electron chi connectivity index (χ1n) is 12.5. The maximum atomic E-state index is 12.8. The van der Waals surface area contributed by atoms with Crippen molar-refractivity contribution in [3.63, 3.8) is 0 Å². The number of nitrogens with zero attached hydrogens (tertiary/aromatic N) is 3. The van der Waals surface area contributed by atoms with E-state index in [0.29, 0.717) is 22.7 Å². The van der Waals surface area contributed by atoms with E-state index in [0.717, 1.165) is 23.7 Å². The Labute approximate surface area is 222 Å². The van der Waals surface area contributed by atoms with Gasteiger partial charge in [0, 0.05) is 5.02 Å². The molecule has 0 aliphatic heterocycles. The standard InChI is InChI=1S/C28H29ClN4O3S/c1-19-30-25-14-15-26(28(34)32-37(35,36)23-10-6-3-7-11-23)31-27(25)33(19)18-22-13-12-21(17-24(22)29)16-20-8-4-2-5-9-20/h3,6-7,10-15,17,20H,2,4-5,8-9,16,18H2,1H3,(H,32,34). The fraction of sp³-hybridized carbons (Fsp3) is 0.321. The minimum atomic E-state index is -4.01. The van der Waals surface area contributed by atoms with Crippen LogP contribution in [0.3, 0.4) is 0 Å². The maximum absolute atomic E-state index is 12.8. The number of halogens is 1. The van der Waals surface area contributed by atoms with Crippen molar-refractivity contribution >= 4 is 38.7 Å². The van der Waals surface area contributed by atoms with Gasteiger partial charge in [0.05, 0.1) is 11.4 Å². The molecule has 1 aliphatic carbocycles. The minimum absolute atomic E-state index is 0.00638. The zero-order valence-electron chi connectivity index (χ0n) is 20.7. The van der Waals surface area contributed by atoms with Crippen molar-refractivity contribution < 1.29 is 13.2 Å². The number of carbonyl (C=O) groups excluding carboxylic acids is 1.